The molecule has 1 amide bonds. The SMILES string of the molecule is CCC(CC)(CNC(=O)c1nc(C)n(-c2ccc(F)cc2)n1)C(=O)O. The summed E-state index contributed by atoms with van der Waals surface area (Å²) in [6.07, 6.45) is 0.797. The first-order valence-corrected chi connectivity index (χ1v) is 8.04. The van der Waals surface area contributed by atoms with Crippen molar-refractivity contribution in [3.8, 4) is 5.69 Å². The van der Waals surface area contributed by atoms with Gasteiger partial charge in [-0.05, 0) is 44.0 Å². The Balaban J connectivity index is 2.17. The molecule has 0 aliphatic rings. The number of benzene rings is 1. The summed E-state index contributed by atoms with van der Waals surface area (Å²) >= 11 is 0. The van der Waals surface area contributed by atoms with Crippen molar-refractivity contribution in [1.82, 2.24) is 20.1 Å². The number of aryl methyl sites for hydroxylation is 1. The molecule has 1 aromatic heterocycles. The lowest BCUT2D eigenvalue weighted by Gasteiger charge is -2.26. The van der Waals surface area contributed by atoms with Gasteiger partial charge in [0, 0.05) is 6.54 Å². The number of carbonyl (C=O) groups excluding carboxylic acids is 1. The summed E-state index contributed by atoms with van der Waals surface area (Å²) in [4.78, 5) is 27.9. The summed E-state index contributed by atoms with van der Waals surface area (Å²) < 4.78 is 14.5. The molecule has 2 N–H and O–H groups in total. The molecule has 0 radical (unpaired) electrons. The molecule has 8 heteroatoms. The largest absolute Gasteiger partial charge is 0.481 e. The van der Waals surface area contributed by atoms with Crippen molar-refractivity contribution in [2.24, 2.45) is 5.41 Å². The fraction of sp³-hybridized carbons (Fsp3) is 0.412. The molecule has 0 aliphatic carbocycles. The summed E-state index contributed by atoms with van der Waals surface area (Å²) in [6, 6.07) is 5.64. The zero-order valence-corrected chi connectivity index (χ0v) is 14.4. The highest BCUT2D eigenvalue weighted by Crippen LogP contribution is 2.25. The Kier molecular flexibility index (Phi) is 5.51. The third-order valence-electron chi connectivity index (χ3n) is 4.44. The van der Waals surface area contributed by atoms with Gasteiger partial charge in [-0.25, -0.2) is 14.1 Å². The minimum absolute atomic E-state index is 0.00168. The maximum atomic E-state index is 13.0. The molecule has 1 aromatic carbocycles. The Morgan fingerprint density at radius 1 is 1.24 bits per heavy atom. The Hall–Kier alpha value is -2.77. The van der Waals surface area contributed by atoms with E-state index in [2.05, 4.69) is 15.4 Å². The fourth-order valence-electron chi connectivity index (χ4n) is 2.52. The number of carboxylic acids is 1. The van der Waals surface area contributed by atoms with Gasteiger partial charge in [-0.15, -0.1) is 5.10 Å². The van der Waals surface area contributed by atoms with E-state index in [1.165, 1.54) is 28.9 Å². The number of rotatable bonds is 7. The van der Waals surface area contributed by atoms with Gasteiger partial charge in [0.15, 0.2) is 0 Å². The lowest BCUT2D eigenvalue weighted by atomic mass is 9.82. The number of amides is 1. The standard InChI is InChI=1S/C17H21FN4O3/c1-4-17(5-2,16(24)25)10-19-15(23)14-20-11(3)22(21-14)13-8-6-12(18)7-9-13/h6-9H,4-5,10H2,1-3H3,(H,19,23)(H,24,25). The maximum absolute atomic E-state index is 13.0. The number of carbonyl (C=O) groups is 2. The van der Waals surface area contributed by atoms with Crippen LogP contribution in [0.15, 0.2) is 24.3 Å². The lowest BCUT2D eigenvalue weighted by Crippen LogP contribution is -2.42. The van der Waals surface area contributed by atoms with E-state index in [-0.39, 0.29) is 18.2 Å². The molecule has 0 atom stereocenters. The van der Waals surface area contributed by atoms with Crippen LogP contribution < -0.4 is 5.32 Å². The third-order valence-corrected chi connectivity index (χ3v) is 4.44. The molecule has 2 rings (SSSR count). The number of aromatic nitrogens is 3. The van der Waals surface area contributed by atoms with Crippen LogP contribution in [0.4, 0.5) is 4.39 Å². The van der Waals surface area contributed by atoms with Crippen LogP contribution in [0.25, 0.3) is 5.69 Å². The highest BCUT2D eigenvalue weighted by molar-refractivity contribution is 5.91. The van der Waals surface area contributed by atoms with Crippen LogP contribution >= 0.6 is 0 Å². The molecule has 0 saturated heterocycles. The average molecular weight is 348 g/mol. The van der Waals surface area contributed by atoms with Crippen LogP contribution in [-0.4, -0.2) is 38.3 Å². The zero-order chi connectivity index (χ0) is 18.6. The normalized spacial score (nSPS) is 11.4. The average Bonchev–Trinajstić information content (AvgIpc) is 2.98. The highest BCUT2D eigenvalue weighted by atomic mass is 19.1. The number of halogens is 1. The second kappa shape index (κ2) is 7.42. The van der Waals surface area contributed by atoms with Crippen LogP contribution in [-0.2, 0) is 4.79 Å². The predicted molar refractivity (Wildman–Crippen MR) is 89.0 cm³/mol. The van der Waals surface area contributed by atoms with Crippen LogP contribution in [0.3, 0.4) is 0 Å². The van der Waals surface area contributed by atoms with Crippen molar-refractivity contribution < 1.29 is 19.1 Å². The molecule has 0 bridgehead atoms. The second-order valence-corrected chi connectivity index (χ2v) is 5.85. The van der Waals surface area contributed by atoms with Gasteiger partial charge in [0.1, 0.15) is 11.6 Å². The van der Waals surface area contributed by atoms with E-state index in [4.69, 9.17) is 0 Å². The molecule has 134 valence electrons. The third kappa shape index (κ3) is 3.84. The summed E-state index contributed by atoms with van der Waals surface area (Å²) in [5.74, 6) is -1.46. The van der Waals surface area contributed by atoms with E-state index in [1.807, 2.05) is 0 Å². The van der Waals surface area contributed by atoms with E-state index >= 15 is 0 Å². The van der Waals surface area contributed by atoms with E-state index in [0.717, 1.165) is 0 Å². The Bertz CT molecular complexity index is 767. The van der Waals surface area contributed by atoms with Crippen molar-refractivity contribution in [3.05, 3.63) is 41.7 Å². The number of aliphatic carboxylic acids is 1. The van der Waals surface area contributed by atoms with Gasteiger partial charge in [0.05, 0.1) is 11.1 Å². The van der Waals surface area contributed by atoms with Crippen molar-refractivity contribution in [3.63, 3.8) is 0 Å². The number of nitrogens with one attached hydrogen (secondary N) is 1. The van der Waals surface area contributed by atoms with E-state index in [0.29, 0.717) is 24.4 Å². The molecule has 0 aliphatic heterocycles. The molecule has 7 nitrogen and oxygen atoms in total. The molecular formula is C17H21FN4O3. The predicted octanol–water partition coefficient (Wildman–Crippen LogP) is 2.34. The van der Waals surface area contributed by atoms with Gasteiger partial charge >= 0.3 is 5.97 Å². The van der Waals surface area contributed by atoms with Gasteiger partial charge in [-0.1, -0.05) is 13.8 Å². The minimum Gasteiger partial charge on any atom is -0.481 e. The number of carboxylic acid groups (broad SMARTS) is 1. The molecule has 0 unspecified atom stereocenters. The lowest BCUT2D eigenvalue weighted by molar-refractivity contribution is -0.149. The molecule has 2 aromatic rings. The highest BCUT2D eigenvalue weighted by Gasteiger charge is 2.35. The molecule has 0 saturated carbocycles. The Labute approximate surface area is 144 Å². The maximum Gasteiger partial charge on any atom is 0.311 e. The zero-order valence-electron chi connectivity index (χ0n) is 14.4. The van der Waals surface area contributed by atoms with E-state index in [9.17, 15) is 19.1 Å². The summed E-state index contributed by atoms with van der Waals surface area (Å²) in [6.45, 7) is 5.22. The molecule has 25 heavy (non-hydrogen) atoms. The molecule has 1 heterocycles. The molecule has 0 fully saturated rings. The van der Waals surface area contributed by atoms with Gasteiger partial charge in [0.25, 0.3) is 5.91 Å². The number of nitrogens with zero attached hydrogens (tertiary/aromatic N) is 3. The van der Waals surface area contributed by atoms with Crippen molar-refractivity contribution in [2.45, 2.75) is 33.6 Å². The monoisotopic (exact) mass is 348 g/mol. The summed E-state index contributed by atoms with van der Waals surface area (Å²) in [5, 5.41) is 16.1. The minimum atomic E-state index is -1.01. The van der Waals surface area contributed by atoms with Gasteiger partial charge < -0.3 is 10.4 Å². The quantitative estimate of drug-likeness (QED) is 0.800. The molecular weight excluding hydrogens is 327 g/mol. The van der Waals surface area contributed by atoms with Crippen LogP contribution in [0, 0.1) is 18.2 Å². The van der Waals surface area contributed by atoms with Gasteiger partial charge in [-0.3, -0.25) is 9.59 Å². The molecule has 0 spiro atoms. The smallest absolute Gasteiger partial charge is 0.311 e. The van der Waals surface area contributed by atoms with E-state index < -0.39 is 17.3 Å². The van der Waals surface area contributed by atoms with Crippen LogP contribution in [0.5, 0.6) is 0 Å². The fourth-order valence-corrected chi connectivity index (χ4v) is 2.52. The van der Waals surface area contributed by atoms with Crippen molar-refractivity contribution in [1.29, 1.82) is 0 Å². The van der Waals surface area contributed by atoms with Crippen LogP contribution in [0.1, 0.15) is 43.1 Å². The van der Waals surface area contributed by atoms with Crippen LogP contribution in [0.2, 0.25) is 0 Å². The topological polar surface area (TPSA) is 97.1 Å². The first kappa shape index (κ1) is 18.6. The first-order valence-electron chi connectivity index (χ1n) is 8.04. The number of hydrogen-bond acceptors (Lipinski definition) is 4. The Morgan fingerprint density at radius 3 is 2.36 bits per heavy atom. The number of hydrogen-bond donors (Lipinski definition) is 2. The van der Waals surface area contributed by atoms with Gasteiger partial charge in [0.2, 0.25) is 5.82 Å². The van der Waals surface area contributed by atoms with Crippen molar-refractivity contribution >= 4 is 11.9 Å². The first-order chi connectivity index (χ1) is 11.8. The summed E-state index contributed by atoms with van der Waals surface area (Å²) in [7, 11) is 0. The van der Waals surface area contributed by atoms with E-state index in [1.54, 1.807) is 20.8 Å². The van der Waals surface area contributed by atoms with Crippen molar-refractivity contribution in [2.75, 3.05) is 6.54 Å². The Morgan fingerprint density at radius 2 is 1.84 bits per heavy atom. The van der Waals surface area contributed by atoms with Gasteiger partial charge in [-0.2, -0.15) is 0 Å². The second-order valence-electron chi connectivity index (χ2n) is 5.85. The summed E-state index contributed by atoms with van der Waals surface area (Å²) in [5.41, 5.74) is -0.433.